The molecule has 7 heteroatoms. The van der Waals surface area contributed by atoms with E-state index in [9.17, 15) is 4.79 Å². The van der Waals surface area contributed by atoms with Crippen molar-refractivity contribution in [3.63, 3.8) is 0 Å². The number of allylic oxidation sites excluding steroid dienone is 1. The fourth-order valence-electron chi connectivity index (χ4n) is 5.40. The van der Waals surface area contributed by atoms with E-state index in [1.54, 1.807) is 22.7 Å². The van der Waals surface area contributed by atoms with Crippen molar-refractivity contribution < 1.29 is 4.79 Å². The first kappa shape index (κ1) is 24.1. The standard InChI is InChI=1S/C30H28N4OS2/c1-19-20(2)37-30-26(19)29(31-18-32-30)36-17-25(35)34-28(22-12-7-4-8-13-22)24-15-9-14-23(27(24)33-34)16-21-10-5-3-6-11-21/h3-8,10-13,16,18,24,28H,9,14-15,17H2,1-2H3/b23-16-/t24-,28+/m0/s1. The number of hydrogen-bond donors (Lipinski definition) is 0. The Morgan fingerprint density at radius 3 is 2.62 bits per heavy atom. The van der Waals surface area contributed by atoms with Gasteiger partial charge in [-0.1, -0.05) is 72.4 Å². The summed E-state index contributed by atoms with van der Waals surface area (Å²) in [5, 5.41) is 8.72. The quantitative estimate of drug-likeness (QED) is 0.204. The van der Waals surface area contributed by atoms with Gasteiger partial charge in [0.25, 0.3) is 5.91 Å². The first-order valence-electron chi connectivity index (χ1n) is 12.6. The van der Waals surface area contributed by atoms with E-state index in [0.717, 1.165) is 45.8 Å². The van der Waals surface area contributed by atoms with E-state index in [0.29, 0.717) is 0 Å². The van der Waals surface area contributed by atoms with Gasteiger partial charge in [0.05, 0.1) is 17.5 Å². The summed E-state index contributed by atoms with van der Waals surface area (Å²) in [5.41, 5.74) is 5.82. The number of benzene rings is 2. The highest BCUT2D eigenvalue weighted by molar-refractivity contribution is 8.00. The van der Waals surface area contributed by atoms with Crippen molar-refractivity contribution >= 4 is 51.0 Å². The molecule has 4 aromatic rings. The van der Waals surface area contributed by atoms with E-state index >= 15 is 0 Å². The van der Waals surface area contributed by atoms with E-state index in [2.05, 4.69) is 66.3 Å². The third-order valence-electron chi connectivity index (χ3n) is 7.30. The average Bonchev–Trinajstić information content (AvgIpc) is 3.46. The lowest BCUT2D eigenvalue weighted by atomic mass is 9.77. The predicted octanol–water partition coefficient (Wildman–Crippen LogP) is 7.22. The molecule has 1 aliphatic carbocycles. The topological polar surface area (TPSA) is 58.5 Å². The number of nitrogens with zero attached hydrogens (tertiary/aromatic N) is 4. The summed E-state index contributed by atoms with van der Waals surface area (Å²) in [6.07, 6.45) is 6.95. The molecule has 0 bridgehead atoms. The number of fused-ring (bicyclic) bond motifs is 2. The normalized spacial score (nSPS) is 20.3. The second-order valence-corrected chi connectivity index (χ2v) is 11.8. The molecule has 2 aliphatic rings. The Morgan fingerprint density at radius 2 is 1.84 bits per heavy atom. The van der Waals surface area contributed by atoms with Gasteiger partial charge in [0.1, 0.15) is 16.2 Å². The van der Waals surface area contributed by atoms with Crippen LogP contribution in [0, 0.1) is 19.8 Å². The Bertz CT molecular complexity index is 1510. The molecule has 2 aromatic heterocycles. The van der Waals surface area contributed by atoms with Crippen molar-refractivity contribution in [3.8, 4) is 0 Å². The van der Waals surface area contributed by atoms with E-state index in [1.807, 2.05) is 24.3 Å². The largest absolute Gasteiger partial charge is 0.272 e. The number of amides is 1. The highest BCUT2D eigenvalue weighted by atomic mass is 32.2. The van der Waals surface area contributed by atoms with Gasteiger partial charge in [0, 0.05) is 16.2 Å². The molecule has 186 valence electrons. The Balaban J connectivity index is 1.32. The number of hydrogen-bond acceptors (Lipinski definition) is 6. The summed E-state index contributed by atoms with van der Waals surface area (Å²) in [4.78, 5) is 25.0. The monoisotopic (exact) mass is 524 g/mol. The van der Waals surface area contributed by atoms with Crippen LogP contribution in [0.25, 0.3) is 16.3 Å². The third kappa shape index (κ3) is 4.62. The molecule has 1 saturated carbocycles. The summed E-state index contributed by atoms with van der Waals surface area (Å²) >= 11 is 3.16. The number of thiophene rings is 1. The van der Waals surface area contributed by atoms with Crippen molar-refractivity contribution in [2.45, 2.75) is 44.2 Å². The van der Waals surface area contributed by atoms with Crippen LogP contribution in [-0.2, 0) is 4.79 Å². The van der Waals surface area contributed by atoms with Crippen molar-refractivity contribution in [1.82, 2.24) is 15.0 Å². The first-order valence-corrected chi connectivity index (χ1v) is 14.5. The molecule has 1 fully saturated rings. The minimum atomic E-state index is -0.0840. The molecule has 37 heavy (non-hydrogen) atoms. The summed E-state index contributed by atoms with van der Waals surface area (Å²) in [6, 6.07) is 20.7. The second-order valence-electron chi connectivity index (χ2n) is 9.59. The van der Waals surface area contributed by atoms with Crippen LogP contribution in [0.1, 0.15) is 46.9 Å². The second kappa shape index (κ2) is 10.2. The van der Waals surface area contributed by atoms with Crippen LogP contribution in [0.15, 0.2) is 82.7 Å². The maximum Gasteiger partial charge on any atom is 0.253 e. The molecule has 2 atom stereocenters. The van der Waals surface area contributed by atoms with Gasteiger partial charge in [-0.2, -0.15) is 5.10 Å². The van der Waals surface area contributed by atoms with Crippen LogP contribution in [0.2, 0.25) is 0 Å². The summed E-state index contributed by atoms with van der Waals surface area (Å²) in [7, 11) is 0. The molecule has 5 nitrogen and oxygen atoms in total. The van der Waals surface area contributed by atoms with E-state index < -0.39 is 0 Å². The lowest BCUT2D eigenvalue weighted by Gasteiger charge is -2.29. The van der Waals surface area contributed by atoms with E-state index in [1.165, 1.54) is 33.3 Å². The molecule has 0 radical (unpaired) electrons. The molecule has 6 rings (SSSR count). The smallest absolute Gasteiger partial charge is 0.253 e. The summed E-state index contributed by atoms with van der Waals surface area (Å²) in [5.74, 6) is 0.495. The SMILES string of the molecule is Cc1sc2ncnc(SCC(=O)N3N=C4/C(=C\c5ccccc5)CCC[C@@H]4[C@H]3c3ccccc3)c2c1C. The number of carbonyl (C=O) groups excluding carboxylic acids is 1. The van der Waals surface area contributed by atoms with Crippen molar-refractivity contribution in [3.05, 3.63) is 94.1 Å². The predicted molar refractivity (Wildman–Crippen MR) is 153 cm³/mol. The van der Waals surface area contributed by atoms with Gasteiger partial charge in [-0.25, -0.2) is 15.0 Å². The number of aromatic nitrogens is 2. The molecule has 0 spiro atoms. The molecule has 0 N–H and O–H groups in total. The average molecular weight is 525 g/mol. The number of carbonyl (C=O) groups is 1. The first-order chi connectivity index (χ1) is 18.1. The number of rotatable bonds is 5. The lowest BCUT2D eigenvalue weighted by Crippen LogP contribution is -2.32. The summed E-state index contributed by atoms with van der Waals surface area (Å²) in [6.45, 7) is 4.21. The van der Waals surface area contributed by atoms with E-state index in [4.69, 9.17) is 5.10 Å². The Kier molecular flexibility index (Phi) is 6.65. The molecule has 3 heterocycles. The van der Waals surface area contributed by atoms with Gasteiger partial charge in [-0.05, 0) is 61.4 Å². The number of hydrazone groups is 1. The third-order valence-corrected chi connectivity index (χ3v) is 9.39. The van der Waals surface area contributed by atoms with Crippen molar-refractivity contribution in [2.75, 3.05) is 5.75 Å². The van der Waals surface area contributed by atoms with Gasteiger partial charge >= 0.3 is 0 Å². The fourth-order valence-corrected chi connectivity index (χ4v) is 7.37. The zero-order valence-electron chi connectivity index (χ0n) is 20.9. The minimum absolute atomic E-state index is 0.0104. The van der Waals surface area contributed by atoms with Gasteiger partial charge in [0.15, 0.2) is 0 Å². The fraction of sp³-hybridized carbons (Fsp3) is 0.267. The maximum absolute atomic E-state index is 13.8. The molecular formula is C30H28N4OS2. The van der Waals surface area contributed by atoms with Crippen LogP contribution in [0.3, 0.4) is 0 Å². The van der Waals surface area contributed by atoms with Crippen LogP contribution in [0.4, 0.5) is 0 Å². The van der Waals surface area contributed by atoms with Crippen LogP contribution >= 0.6 is 23.1 Å². The van der Waals surface area contributed by atoms with Crippen molar-refractivity contribution in [1.29, 1.82) is 0 Å². The number of thioether (sulfide) groups is 1. The highest BCUT2D eigenvalue weighted by Gasteiger charge is 2.43. The van der Waals surface area contributed by atoms with Gasteiger partial charge < -0.3 is 0 Å². The molecule has 0 saturated heterocycles. The Labute approximate surface area is 225 Å². The highest BCUT2D eigenvalue weighted by Crippen LogP contribution is 2.45. The van der Waals surface area contributed by atoms with Crippen molar-refractivity contribution in [2.24, 2.45) is 11.0 Å². The maximum atomic E-state index is 13.8. The van der Waals surface area contributed by atoms with E-state index in [-0.39, 0.29) is 23.6 Å². The number of aryl methyl sites for hydroxylation is 2. The lowest BCUT2D eigenvalue weighted by molar-refractivity contribution is -0.130. The minimum Gasteiger partial charge on any atom is -0.272 e. The van der Waals surface area contributed by atoms with Crippen LogP contribution < -0.4 is 0 Å². The summed E-state index contributed by atoms with van der Waals surface area (Å²) < 4.78 is 0. The van der Waals surface area contributed by atoms with Crippen LogP contribution in [-0.4, -0.2) is 32.3 Å². The Morgan fingerprint density at radius 1 is 1.08 bits per heavy atom. The zero-order chi connectivity index (χ0) is 25.4. The molecule has 1 amide bonds. The molecule has 2 aromatic carbocycles. The Hall–Kier alpha value is -3.29. The van der Waals surface area contributed by atoms with Crippen LogP contribution in [0.5, 0.6) is 0 Å². The molecule has 0 unspecified atom stereocenters. The van der Waals surface area contributed by atoms with Gasteiger partial charge in [0.2, 0.25) is 0 Å². The molecule has 1 aliphatic heterocycles. The van der Waals surface area contributed by atoms with Gasteiger partial charge in [-0.3, -0.25) is 4.79 Å². The zero-order valence-corrected chi connectivity index (χ0v) is 22.6. The molecular weight excluding hydrogens is 496 g/mol. The van der Waals surface area contributed by atoms with Gasteiger partial charge in [-0.15, -0.1) is 11.3 Å².